The maximum atomic E-state index is 13.5. The van der Waals surface area contributed by atoms with Crippen LogP contribution in [0.15, 0.2) is 48.5 Å². The summed E-state index contributed by atoms with van der Waals surface area (Å²) in [5.41, 5.74) is 2.10. The summed E-state index contributed by atoms with van der Waals surface area (Å²) in [7, 11) is 0. The number of fused-ring (bicyclic) bond motifs is 2. The van der Waals surface area contributed by atoms with Crippen molar-refractivity contribution >= 4 is 41.6 Å². The van der Waals surface area contributed by atoms with Gasteiger partial charge in [0.1, 0.15) is 5.78 Å². The second kappa shape index (κ2) is 13.5. The standard InChI is InChI=1S/C34H40N2O7/c1-33(2,20-22-42-34(3,4)32(41)43-36-29(38)17-18-30(36)39)31(40)35-21-19-28(37)27-16-15-24-10-6-5-9-23(24)13-14-25-11-7-8-12-26(25)27/h5-14,27H,15-22H2,1-4H3,(H,35,40)/b14-13-. The summed E-state index contributed by atoms with van der Waals surface area (Å²) in [5.74, 6) is -2.44. The summed E-state index contributed by atoms with van der Waals surface area (Å²) in [6, 6.07) is 16.2. The van der Waals surface area contributed by atoms with Gasteiger partial charge in [-0.1, -0.05) is 74.5 Å². The number of aryl methyl sites for hydroxylation is 1. The third kappa shape index (κ3) is 7.84. The molecule has 1 atom stereocenters. The Labute approximate surface area is 252 Å². The molecular weight excluding hydrogens is 548 g/mol. The smallest absolute Gasteiger partial charge is 0.364 e. The van der Waals surface area contributed by atoms with Crippen molar-refractivity contribution in [3.05, 3.63) is 70.8 Å². The Bertz CT molecular complexity index is 1410. The number of hydroxylamine groups is 2. The number of ketones is 1. The van der Waals surface area contributed by atoms with Crippen molar-refractivity contribution in [3.8, 4) is 0 Å². The molecule has 2 aromatic carbocycles. The van der Waals surface area contributed by atoms with E-state index in [-0.39, 0.29) is 56.4 Å². The quantitative estimate of drug-likeness (QED) is 0.375. The van der Waals surface area contributed by atoms with Gasteiger partial charge in [0.05, 0.1) is 0 Å². The highest BCUT2D eigenvalue weighted by Gasteiger charge is 2.39. The zero-order valence-corrected chi connectivity index (χ0v) is 25.3. The van der Waals surface area contributed by atoms with Gasteiger partial charge in [0, 0.05) is 43.7 Å². The molecule has 0 radical (unpaired) electrons. The van der Waals surface area contributed by atoms with Crippen LogP contribution in [0, 0.1) is 5.41 Å². The van der Waals surface area contributed by atoms with E-state index in [1.807, 2.05) is 36.4 Å². The van der Waals surface area contributed by atoms with E-state index < -0.39 is 28.8 Å². The molecule has 0 spiro atoms. The molecule has 1 saturated heterocycles. The van der Waals surface area contributed by atoms with Crippen LogP contribution in [-0.4, -0.2) is 53.3 Å². The number of ether oxygens (including phenoxy) is 1. The summed E-state index contributed by atoms with van der Waals surface area (Å²) in [4.78, 5) is 67.5. The lowest BCUT2D eigenvalue weighted by molar-refractivity contribution is -0.212. The Balaban J connectivity index is 1.28. The first-order chi connectivity index (χ1) is 20.4. The molecule has 0 aromatic heterocycles. The third-order valence-electron chi connectivity index (χ3n) is 8.09. The van der Waals surface area contributed by atoms with Crippen LogP contribution in [0.2, 0.25) is 0 Å². The van der Waals surface area contributed by atoms with E-state index >= 15 is 0 Å². The summed E-state index contributed by atoms with van der Waals surface area (Å²) in [6.07, 6.45) is 6.13. The van der Waals surface area contributed by atoms with Crippen LogP contribution in [0.25, 0.3) is 12.2 Å². The van der Waals surface area contributed by atoms with Crippen LogP contribution in [0.3, 0.4) is 0 Å². The lowest BCUT2D eigenvalue weighted by atomic mass is 9.85. The van der Waals surface area contributed by atoms with Gasteiger partial charge in [0.25, 0.3) is 11.8 Å². The average Bonchev–Trinajstić information content (AvgIpc) is 3.32. The molecule has 1 N–H and O–H groups in total. The zero-order chi connectivity index (χ0) is 31.2. The van der Waals surface area contributed by atoms with E-state index in [0.717, 1.165) is 23.1 Å². The largest absolute Gasteiger partial charge is 0.364 e. The molecule has 2 aliphatic rings. The van der Waals surface area contributed by atoms with E-state index in [0.29, 0.717) is 11.5 Å². The molecule has 228 valence electrons. The highest BCUT2D eigenvalue weighted by molar-refractivity contribution is 6.02. The van der Waals surface area contributed by atoms with Crippen LogP contribution in [0.4, 0.5) is 0 Å². The fourth-order valence-corrected chi connectivity index (χ4v) is 5.17. The minimum atomic E-state index is -1.44. The first kappa shape index (κ1) is 31.8. The molecule has 1 aliphatic heterocycles. The minimum Gasteiger partial charge on any atom is -0.364 e. The fraction of sp³-hybridized carbons (Fsp3) is 0.441. The molecular formula is C34H40N2O7. The van der Waals surface area contributed by atoms with Gasteiger partial charge in [-0.05, 0) is 55.4 Å². The van der Waals surface area contributed by atoms with Gasteiger partial charge in [0.2, 0.25) is 5.91 Å². The molecule has 9 nitrogen and oxygen atoms in total. The van der Waals surface area contributed by atoms with Crippen LogP contribution in [0.1, 0.15) is 88.0 Å². The Morgan fingerprint density at radius 3 is 2.23 bits per heavy atom. The summed E-state index contributed by atoms with van der Waals surface area (Å²) in [5, 5.41) is 3.38. The van der Waals surface area contributed by atoms with E-state index in [1.165, 1.54) is 19.4 Å². The number of nitrogens with zero attached hydrogens (tertiary/aromatic N) is 1. The summed E-state index contributed by atoms with van der Waals surface area (Å²) < 4.78 is 5.71. The van der Waals surface area contributed by atoms with Crippen molar-refractivity contribution in [3.63, 3.8) is 0 Å². The van der Waals surface area contributed by atoms with Crippen molar-refractivity contribution < 1.29 is 33.5 Å². The number of carbonyl (C=O) groups is 5. The molecule has 1 unspecified atom stereocenters. The minimum absolute atomic E-state index is 0.00210. The highest BCUT2D eigenvalue weighted by atomic mass is 16.7. The van der Waals surface area contributed by atoms with Gasteiger partial charge in [-0.3, -0.25) is 19.2 Å². The predicted molar refractivity (Wildman–Crippen MR) is 161 cm³/mol. The van der Waals surface area contributed by atoms with Gasteiger partial charge in [0.15, 0.2) is 5.60 Å². The molecule has 2 aromatic rings. The monoisotopic (exact) mass is 588 g/mol. The molecule has 3 amide bonds. The normalized spacial score (nSPS) is 17.7. The third-order valence-corrected chi connectivity index (χ3v) is 8.09. The molecule has 1 fully saturated rings. The molecule has 4 rings (SSSR count). The molecule has 0 bridgehead atoms. The molecule has 1 heterocycles. The number of nitrogens with one attached hydrogen (secondary N) is 1. The number of Topliss-reactive ketones (excluding diaryl/α,β-unsaturated/α-hetero) is 1. The van der Waals surface area contributed by atoms with Gasteiger partial charge in [-0.25, -0.2) is 4.79 Å². The van der Waals surface area contributed by atoms with Gasteiger partial charge >= 0.3 is 5.97 Å². The van der Waals surface area contributed by atoms with Gasteiger partial charge in [-0.15, -0.1) is 5.06 Å². The van der Waals surface area contributed by atoms with Crippen LogP contribution in [0.5, 0.6) is 0 Å². The predicted octanol–water partition coefficient (Wildman–Crippen LogP) is 4.78. The van der Waals surface area contributed by atoms with Crippen LogP contribution in [-0.2, 0) is 40.0 Å². The van der Waals surface area contributed by atoms with E-state index in [1.54, 1.807) is 13.8 Å². The number of carbonyl (C=O) groups excluding carboxylic acids is 5. The number of amides is 3. The number of hydrogen-bond acceptors (Lipinski definition) is 7. The van der Waals surface area contributed by atoms with E-state index in [4.69, 9.17) is 9.57 Å². The molecule has 1 aliphatic carbocycles. The summed E-state index contributed by atoms with van der Waals surface area (Å²) in [6.45, 7) is 6.74. The van der Waals surface area contributed by atoms with Gasteiger partial charge < -0.3 is 14.9 Å². The lowest BCUT2D eigenvalue weighted by Gasteiger charge is -2.28. The topological polar surface area (TPSA) is 119 Å². The zero-order valence-electron chi connectivity index (χ0n) is 25.3. The first-order valence-electron chi connectivity index (χ1n) is 14.8. The second-order valence-corrected chi connectivity index (χ2v) is 12.2. The van der Waals surface area contributed by atoms with Crippen LogP contribution >= 0.6 is 0 Å². The van der Waals surface area contributed by atoms with Crippen molar-refractivity contribution in [2.75, 3.05) is 13.2 Å². The Kier molecular flexibility index (Phi) is 9.96. The first-order valence-corrected chi connectivity index (χ1v) is 14.8. The molecule has 0 saturated carbocycles. The van der Waals surface area contributed by atoms with Gasteiger partial charge in [-0.2, -0.15) is 0 Å². The second-order valence-electron chi connectivity index (χ2n) is 12.2. The Hall–Kier alpha value is -4.11. The number of imide groups is 1. The SMILES string of the molecule is CC(C)(CCOC(C)(C)C(=O)ON1C(=O)CCC1=O)C(=O)NCCC(=O)C1CCc2ccccc2/C=C\c2ccccc21. The van der Waals surface area contributed by atoms with E-state index in [9.17, 15) is 24.0 Å². The lowest BCUT2D eigenvalue weighted by Crippen LogP contribution is -2.44. The average molecular weight is 589 g/mol. The number of rotatable bonds is 11. The van der Waals surface area contributed by atoms with Crippen LogP contribution < -0.4 is 5.32 Å². The van der Waals surface area contributed by atoms with E-state index in [2.05, 4.69) is 29.6 Å². The molecule has 9 heteroatoms. The number of benzene rings is 2. The van der Waals surface area contributed by atoms with Crippen molar-refractivity contribution in [2.45, 2.75) is 77.7 Å². The Morgan fingerprint density at radius 2 is 1.51 bits per heavy atom. The van der Waals surface area contributed by atoms with Crippen molar-refractivity contribution in [2.24, 2.45) is 5.41 Å². The highest BCUT2D eigenvalue weighted by Crippen LogP contribution is 2.31. The maximum absolute atomic E-state index is 13.5. The number of hydrogen-bond donors (Lipinski definition) is 1. The maximum Gasteiger partial charge on any atom is 0.364 e. The van der Waals surface area contributed by atoms with Crippen molar-refractivity contribution in [1.82, 2.24) is 10.4 Å². The Morgan fingerprint density at radius 1 is 0.884 bits per heavy atom. The summed E-state index contributed by atoms with van der Waals surface area (Å²) >= 11 is 0. The fourth-order valence-electron chi connectivity index (χ4n) is 5.17. The van der Waals surface area contributed by atoms with Crippen molar-refractivity contribution in [1.29, 1.82) is 0 Å². The molecule has 43 heavy (non-hydrogen) atoms.